The Labute approximate surface area is 183 Å². The van der Waals surface area contributed by atoms with Gasteiger partial charge in [-0.1, -0.05) is 60.7 Å². The van der Waals surface area contributed by atoms with E-state index in [1.54, 1.807) is 6.21 Å². The number of hydrazone groups is 1. The molecular formula is C26H27N3O2. The van der Waals surface area contributed by atoms with E-state index in [4.69, 9.17) is 4.74 Å². The normalized spacial score (nSPS) is 13.9. The molecule has 1 N–H and O–H groups in total. The number of carbonyl (C=O) groups is 1. The lowest BCUT2D eigenvalue weighted by atomic mass is 10.1. The van der Waals surface area contributed by atoms with Crippen LogP contribution in [0, 0.1) is 0 Å². The molecule has 0 bridgehead atoms. The molecule has 0 aliphatic carbocycles. The van der Waals surface area contributed by atoms with E-state index in [9.17, 15) is 4.79 Å². The molecule has 0 aromatic heterocycles. The lowest BCUT2D eigenvalue weighted by Gasteiger charge is -2.28. The van der Waals surface area contributed by atoms with Crippen LogP contribution >= 0.6 is 0 Å². The molecule has 3 aromatic rings. The number of anilines is 1. The Morgan fingerprint density at radius 1 is 0.903 bits per heavy atom. The zero-order chi connectivity index (χ0) is 21.3. The van der Waals surface area contributed by atoms with Crippen molar-refractivity contribution in [3.05, 3.63) is 84.4 Å². The SMILES string of the molecule is O=C(COc1ccccc1-c1ccccc1)N/N=C\c1ccc(N2CCCCC2)cc1. The van der Waals surface area contributed by atoms with Crippen LogP contribution in [0.4, 0.5) is 5.69 Å². The van der Waals surface area contributed by atoms with Gasteiger partial charge in [-0.2, -0.15) is 5.10 Å². The minimum atomic E-state index is -0.302. The van der Waals surface area contributed by atoms with Crippen LogP contribution in [0.25, 0.3) is 11.1 Å². The molecule has 0 atom stereocenters. The van der Waals surface area contributed by atoms with Crippen LogP contribution in [0.15, 0.2) is 84.0 Å². The summed E-state index contributed by atoms with van der Waals surface area (Å²) in [6.07, 6.45) is 5.48. The highest BCUT2D eigenvalue weighted by molar-refractivity contribution is 5.83. The van der Waals surface area contributed by atoms with Gasteiger partial charge in [0.25, 0.3) is 5.91 Å². The second-order valence-corrected chi connectivity index (χ2v) is 7.58. The molecule has 0 unspecified atom stereocenters. The molecule has 1 amide bonds. The molecular weight excluding hydrogens is 386 g/mol. The summed E-state index contributed by atoms with van der Waals surface area (Å²) in [5.41, 5.74) is 6.71. The molecule has 0 spiro atoms. The molecule has 31 heavy (non-hydrogen) atoms. The number of nitrogens with one attached hydrogen (secondary N) is 1. The molecule has 3 aromatic carbocycles. The van der Waals surface area contributed by atoms with E-state index in [1.165, 1.54) is 24.9 Å². The van der Waals surface area contributed by atoms with Gasteiger partial charge in [-0.15, -0.1) is 0 Å². The smallest absolute Gasteiger partial charge is 0.277 e. The maximum atomic E-state index is 12.2. The fourth-order valence-corrected chi connectivity index (χ4v) is 3.73. The molecule has 5 nitrogen and oxygen atoms in total. The van der Waals surface area contributed by atoms with Crippen molar-refractivity contribution in [2.24, 2.45) is 5.10 Å². The van der Waals surface area contributed by atoms with Crippen molar-refractivity contribution in [1.29, 1.82) is 0 Å². The van der Waals surface area contributed by atoms with Crippen LogP contribution in [0.5, 0.6) is 5.75 Å². The minimum absolute atomic E-state index is 0.102. The summed E-state index contributed by atoms with van der Waals surface area (Å²) in [7, 11) is 0. The number of hydrogen-bond acceptors (Lipinski definition) is 4. The van der Waals surface area contributed by atoms with Crippen LogP contribution < -0.4 is 15.1 Å². The third kappa shape index (κ3) is 5.72. The number of ether oxygens (including phenoxy) is 1. The van der Waals surface area contributed by atoms with Crippen LogP contribution in [-0.4, -0.2) is 31.8 Å². The third-order valence-electron chi connectivity index (χ3n) is 5.35. The molecule has 1 heterocycles. The first-order valence-corrected chi connectivity index (χ1v) is 10.7. The molecule has 4 rings (SSSR count). The van der Waals surface area contributed by atoms with Crippen molar-refractivity contribution in [1.82, 2.24) is 5.43 Å². The topological polar surface area (TPSA) is 53.9 Å². The Balaban J connectivity index is 1.29. The summed E-state index contributed by atoms with van der Waals surface area (Å²) in [6, 6.07) is 25.9. The summed E-state index contributed by atoms with van der Waals surface area (Å²) in [6.45, 7) is 2.14. The second-order valence-electron chi connectivity index (χ2n) is 7.58. The summed E-state index contributed by atoms with van der Waals surface area (Å²) in [4.78, 5) is 14.6. The van der Waals surface area contributed by atoms with Gasteiger partial charge >= 0.3 is 0 Å². The summed E-state index contributed by atoms with van der Waals surface area (Å²) < 4.78 is 5.75. The fourth-order valence-electron chi connectivity index (χ4n) is 3.73. The molecule has 1 aliphatic rings. The van der Waals surface area contributed by atoms with Gasteiger partial charge in [-0.05, 0) is 48.6 Å². The van der Waals surface area contributed by atoms with Gasteiger partial charge in [0, 0.05) is 24.3 Å². The standard InChI is InChI=1S/C26H27N3O2/c30-26(20-31-25-12-6-5-11-24(25)22-9-3-1-4-10-22)28-27-19-21-13-15-23(16-14-21)29-17-7-2-8-18-29/h1,3-6,9-16,19H,2,7-8,17-18,20H2,(H,28,30)/b27-19-. The Bertz CT molecular complexity index is 1010. The lowest BCUT2D eigenvalue weighted by molar-refractivity contribution is -0.123. The highest BCUT2D eigenvalue weighted by Crippen LogP contribution is 2.29. The summed E-state index contributed by atoms with van der Waals surface area (Å²) in [5, 5.41) is 4.06. The quantitative estimate of drug-likeness (QED) is 0.444. The van der Waals surface area contributed by atoms with Gasteiger partial charge in [0.15, 0.2) is 6.61 Å². The number of para-hydroxylation sites is 1. The maximum Gasteiger partial charge on any atom is 0.277 e. The number of amides is 1. The second kappa shape index (κ2) is 10.4. The highest BCUT2D eigenvalue weighted by atomic mass is 16.5. The van der Waals surface area contributed by atoms with Gasteiger partial charge in [0.1, 0.15) is 5.75 Å². The zero-order valence-electron chi connectivity index (χ0n) is 17.5. The van der Waals surface area contributed by atoms with Crippen molar-refractivity contribution in [2.75, 3.05) is 24.6 Å². The molecule has 1 saturated heterocycles. The van der Waals surface area contributed by atoms with Gasteiger partial charge in [0.2, 0.25) is 0 Å². The van der Waals surface area contributed by atoms with Crippen molar-refractivity contribution in [2.45, 2.75) is 19.3 Å². The third-order valence-corrected chi connectivity index (χ3v) is 5.35. The van der Waals surface area contributed by atoms with Gasteiger partial charge in [-0.3, -0.25) is 4.79 Å². The van der Waals surface area contributed by atoms with E-state index in [1.807, 2.05) is 66.7 Å². The van der Waals surface area contributed by atoms with Crippen LogP contribution in [-0.2, 0) is 4.79 Å². The largest absolute Gasteiger partial charge is 0.483 e. The van der Waals surface area contributed by atoms with E-state index >= 15 is 0 Å². The fraction of sp³-hybridized carbons (Fsp3) is 0.231. The van der Waals surface area contributed by atoms with E-state index < -0.39 is 0 Å². The molecule has 0 saturated carbocycles. The lowest BCUT2D eigenvalue weighted by Crippen LogP contribution is -2.29. The predicted octanol–water partition coefficient (Wildman–Crippen LogP) is 4.87. The minimum Gasteiger partial charge on any atom is -0.483 e. The number of carbonyl (C=O) groups excluding carboxylic acids is 1. The first-order valence-electron chi connectivity index (χ1n) is 10.7. The Kier molecular flexibility index (Phi) is 6.96. The van der Waals surface area contributed by atoms with E-state index in [2.05, 4.69) is 27.6 Å². The van der Waals surface area contributed by atoms with E-state index in [-0.39, 0.29) is 12.5 Å². The Morgan fingerprint density at radius 3 is 2.39 bits per heavy atom. The zero-order valence-corrected chi connectivity index (χ0v) is 17.5. The van der Waals surface area contributed by atoms with Crippen molar-refractivity contribution in [3.63, 3.8) is 0 Å². The highest BCUT2D eigenvalue weighted by Gasteiger charge is 2.10. The van der Waals surface area contributed by atoms with Crippen LogP contribution in [0.1, 0.15) is 24.8 Å². The van der Waals surface area contributed by atoms with E-state index in [0.29, 0.717) is 5.75 Å². The van der Waals surface area contributed by atoms with Crippen LogP contribution in [0.3, 0.4) is 0 Å². The summed E-state index contributed by atoms with van der Waals surface area (Å²) in [5.74, 6) is 0.366. The number of nitrogens with zero attached hydrogens (tertiary/aromatic N) is 2. The summed E-state index contributed by atoms with van der Waals surface area (Å²) >= 11 is 0. The molecule has 158 valence electrons. The van der Waals surface area contributed by atoms with Gasteiger partial charge in [-0.25, -0.2) is 5.43 Å². The molecule has 0 radical (unpaired) electrons. The van der Waals surface area contributed by atoms with E-state index in [0.717, 1.165) is 29.8 Å². The van der Waals surface area contributed by atoms with Gasteiger partial charge < -0.3 is 9.64 Å². The predicted molar refractivity (Wildman–Crippen MR) is 126 cm³/mol. The Hall–Kier alpha value is -3.60. The number of benzene rings is 3. The van der Waals surface area contributed by atoms with Crippen molar-refractivity contribution < 1.29 is 9.53 Å². The number of rotatable bonds is 7. The van der Waals surface area contributed by atoms with Crippen LogP contribution in [0.2, 0.25) is 0 Å². The number of piperidine rings is 1. The Morgan fingerprint density at radius 2 is 1.61 bits per heavy atom. The van der Waals surface area contributed by atoms with Crippen molar-refractivity contribution in [3.8, 4) is 16.9 Å². The van der Waals surface area contributed by atoms with Gasteiger partial charge in [0.05, 0.1) is 6.21 Å². The van der Waals surface area contributed by atoms with Crippen molar-refractivity contribution >= 4 is 17.8 Å². The first kappa shape index (κ1) is 20.7. The average Bonchev–Trinajstić information content (AvgIpc) is 2.84. The monoisotopic (exact) mass is 413 g/mol. The molecule has 1 fully saturated rings. The molecule has 5 heteroatoms. The molecule has 1 aliphatic heterocycles. The number of hydrogen-bond donors (Lipinski definition) is 1. The average molecular weight is 414 g/mol. The first-order chi connectivity index (χ1) is 15.3. The maximum absolute atomic E-state index is 12.2.